The normalized spacial score (nSPS) is 11.7. The van der Waals surface area contributed by atoms with Crippen LogP contribution in [-0.4, -0.2) is 56.5 Å². The fourth-order valence-electron chi connectivity index (χ4n) is 6.20. The molecular weight excluding hydrogens is 781 g/mol. The van der Waals surface area contributed by atoms with E-state index in [0.29, 0.717) is 6.04 Å². The molecule has 0 saturated heterocycles. The molecule has 366 valence electrons. The summed E-state index contributed by atoms with van der Waals surface area (Å²) in [4.78, 5) is 2.56. The Kier molecular flexibility index (Phi) is 50.1. The molecule has 1 unspecified atom stereocenters. The first-order valence-electron chi connectivity index (χ1n) is 24.4. The van der Waals surface area contributed by atoms with Gasteiger partial charge in [-0.05, 0) is 133 Å². The summed E-state index contributed by atoms with van der Waals surface area (Å²) >= 11 is 0. The van der Waals surface area contributed by atoms with Crippen molar-refractivity contribution in [1.29, 1.82) is 5.41 Å². The van der Waals surface area contributed by atoms with E-state index in [0.717, 1.165) is 37.2 Å². The molecule has 0 radical (unpaired) electrons. The second-order valence-corrected chi connectivity index (χ2v) is 16.5. The van der Waals surface area contributed by atoms with Gasteiger partial charge in [0.2, 0.25) is 0 Å². The van der Waals surface area contributed by atoms with Gasteiger partial charge in [0, 0.05) is 25.3 Å². The van der Waals surface area contributed by atoms with E-state index in [1.54, 1.807) is 13.1 Å². The number of allylic oxidation sites excluding steroid dienone is 5. The Morgan fingerprint density at radius 3 is 1.86 bits per heavy atom. The smallest absolute Gasteiger partial charge is 0.118 e. The number of hydrogen-bond acceptors (Lipinski definition) is 5. The average molecular weight is 886 g/mol. The van der Waals surface area contributed by atoms with Crippen LogP contribution in [0.25, 0.3) is 0 Å². The van der Waals surface area contributed by atoms with Gasteiger partial charge in [-0.25, -0.2) is 0 Å². The van der Waals surface area contributed by atoms with E-state index < -0.39 is 0 Å². The minimum absolute atomic E-state index is 0.104. The van der Waals surface area contributed by atoms with Crippen molar-refractivity contribution in [1.82, 2.24) is 20.9 Å². The highest BCUT2D eigenvalue weighted by atomic mass is 15.1. The molecule has 6 N–H and O–H groups in total. The molecule has 0 aliphatic heterocycles. The summed E-state index contributed by atoms with van der Waals surface area (Å²) in [5, 5.41) is 17.1. The molecule has 0 amide bonds. The summed E-state index contributed by atoms with van der Waals surface area (Å²) in [6.07, 6.45) is 22.2. The van der Waals surface area contributed by atoms with E-state index in [-0.39, 0.29) is 16.7 Å². The number of aryl methyl sites for hydroxylation is 1. The van der Waals surface area contributed by atoms with Gasteiger partial charge in [0.25, 0.3) is 0 Å². The van der Waals surface area contributed by atoms with Gasteiger partial charge in [-0.3, -0.25) is 5.41 Å². The predicted molar refractivity (Wildman–Crippen MR) is 295 cm³/mol. The zero-order chi connectivity index (χ0) is 50.4. The zero-order valence-corrected chi connectivity index (χ0v) is 45.0. The lowest BCUT2D eigenvalue weighted by molar-refractivity contribution is 0.264. The van der Waals surface area contributed by atoms with Crippen molar-refractivity contribution in [2.75, 3.05) is 39.8 Å². The first kappa shape index (κ1) is 68.7. The number of amidine groups is 1. The Hall–Kier alpha value is -4.31. The minimum atomic E-state index is -0.252. The molecule has 0 saturated carbocycles. The average Bonchev–Trinajstić information content (AvgIpc) is 3.28. The number of unbranched alkanes of at least 4 members (excludes halogenated alkanes) is 1. The molecule has 0 aromatic heterocycles. The summed E-state index contributed by atoms with van der Waals surface area (Å²) in [6, 6.07) is 19.6. The summed E-state index contributed by atoms with van der Waals surface area (Å²) in [5.41, 5.74) is 12.5. The third kappa shape index (κ3) is 37.1. The van der Waals surface area contributed by atoms with Crippen LogP contribution >= 0.6 is 0 Å². The molecule has 64 heavy (non-hydrogen) atoms. The molecule has 0 aliphatic rings. The Bertz CT molecular complexity index is 1510. The van der Waals surface area contributed by atoms with Crippen LogP contribution in [0.3, 0.4) is 0 Å². The van der Waals surface area contributed by atoms with Crippen molar-refractivity contribution >= 4 is 5.84 Å². The van der Waals surface area contributed by atoms with Crippen molar-refractivity contribution in [2.45, 2.75) is 174 Å². The van der Waals surface area contributed by atoms with Gasteiger partial charge in [0.05, 0.1) is 5.41 Å². The first-order valence-corrected chi connectivity index (χ1v) is 24.4. The molecule has 0 bridgehead atoms. The number of nitrogens with zero attached hydrogens (tertiary/aromatic N) is 1. The van der Waals surface area contributed by atoms with Crippen LogP contribution in [0.5, 0.6) is 0 Å². The van der Waals surface area contributed by atoms with Gasteiger partial charge in [0.15, 0.2) is 0 Å². The molecule has 0 heterocycles. The van der Waals surface area contributed by atoms with Crippen molar-refractivity contribution in [2.24, 2.45) is 11.1 Å². The monoisotopic (exact) mass is 885 g/mol. The Balaban J connectivity index is -0.000000255. The van der Waals surface area contributed by atoms with Crippen LogP contribution in [-0.2, 0) is 5.41 Å². The van der Waals surface area contributed by atoms with Gasteiger partial charge in [0.1, 0.15) is 5.84 Å². The molecule has 6 heteroatoms. The lowest BCUT2D eigenvalue weighted by Gasteiger charge is -2.36. The maximum absolute atomic E-state index is 7.32. The Morgan fingerprint density at radius 2 is 1.42 bits per heavy atom. The summed E-state index contributed by atoms with van der Waals surface area (Å²) in [7, 11) is 1.81. The predicted octanol–water partition coefficient (Wildman–Crippen LogP) is 14.9. The van der Waals surface area contributed by atoms with E-state index in [1.165, 1.54) is 80.4 Å². The number of rotatable bonds is 23. The van der Waals surface area contributed by atoms with E-state index in [1.807, 2.05) is 34.7 Å². The van der Waals surface area contributed by atoms with Gasteiger partial charge in [-0.15, -0.1) is 12.3 Å². The highest BCUT2D eigenvalue weighted by molar-refractivity contribution is 5.93. The topological polar surface area (TPSA) is 89.2 Å². The molecule has 2 atom stereocenters. The molecular formula is C58H104N6. The molecule has 2 aromatic carbocycles. The largest absolute Gasteiger partial charge is 0.394 e. The van der Waals surface area contributed by atoms with Crippen molar-refractivity contribution in [3.05, 3.63) is 132 Å². The molecule has 6 nitrogen and oxygen atoms in total. The number of nitrogens with one attached hydrogen (secondary N) is 4. The lowest BCUT2D eigenvalue weighted by atomic mass is 9.72. The maximum atomic E-state index is 7.32. The highest BCUT2D eigenvalue weighted by Crippen LogP contribution is 2.38. The molecule has 0 fully saturated rings. The summed E-state index contributed by atoms with van der Waals surface area (Å²) in [6.45, 7) is 51.0. The van der Waals surface area contributed by atoms with Crippen molar-refractivity contribution in [3.63, 3.8) is 0 Å². The van der Waals surface area contributed by atoms with Crippen LogP contribution in [0.1, 0.15) is 172 Å². The third-order valence-electron chi connectivity index (χ3n) is 9.51. The first-order chi connectivity index (χ1) is 30.4. The molecule has 2 rings (SSSR count). The quantitative estimate of drug-likeness (QED) is 0.0252. The van der Waals surface area contributed by atoms with Crippen LogP contribution in [0.15, 0.2) is 116 Å². The third-order valence-corrected chi connectivity index (χ3v) is 9.51. The maximum Gasteiger partial charge on any atom is 0.118 e. The van der Waals surface area contributed by atoms with Crippen molar-refractivity contribution in [3.8, 4) is 12.3 Å². The minimum Gasteiger partial charge on any atom is -0.394 e. The second-order valence-electron chi connectivity index (χ2n) is 16.5. The van der Waals surface area contributed by atoms with Gasteiger partial charge in [-0.1, -0.05) is 187 Å². The number of hydrogen-bond donors (Lipinski definition) is 5. The molecule has 0 spiro atoms. The van der Waals surface area contributed by atoms with Crippen molar-refractivity contribution < 1.29 is 0 Å². The van der Waals surface area contributed by atoms with Crippen LogP contribution in [0.2, 0.25) is 0 Å². The summed E-state index contributed by atoms with van der Waals surface area (Å²) in [5.74, 6) is 2.35. The highest BCUT2D eigenvalue weighted by Gasteiger charge is 2.33. The molecule has 2 aromatic rings. The van der Waals surface area contributed by atoms with E-state index in [9.17, 15) is 0 Å². The van der Waals surface area contributed by atoms with E-state index in [2.05, 4.69) is 202 Å². The standard InChI is InChI=1S/C22H29N.C16H34N4.C10H18.C3H7N.C3H4.2C2H6/c1-17-12-10-11-15-20(17)22(6,19-13-8-7-9-14-19)18(2)23-16-21(3,4)5;1-5-7-11-20(10-6-2)12-8-9-19-15(4)13-14(3)16(17)18;1-4-7-10(8-5-2)9-6-3;1-3-4-2;1-3-2;2*1-2/h7-15,23H,2,16H2,1,3-6H3;15,19H,3,5-13H2,1-2,4H3,(H3,17,18);4,7-8H,5-6,9H2,1-3H3;3-4H,1H2,2H3;1H,2H3;2*1-2H3/b;;7-4-,10-8+;;;;/t;15-;;;;;/m.1...../s1. The second kappa shape index (κ2) is 46.7. The van der Waals surface area contributed by atoms with E-state index >= 15 is 0 Å². The summed E-state index contributed by atoms with van der Waals surface area (Å²) < 4.78 is 0. The zero-order valence-electron chi connectivity index (χ0n) is 45.0. The van der Waals surface area contributed by atoms with Gasteiger partial charge in [-0.2, -0.15) is 0 Å². The number of nitrogens with two attached hydrogens (primary N) is 1. The van der Waals surface area contributed by atoms with Gasteiger partial charge < -0.3 is 26.6 Å². The SMILES string of the molecule is C#CC.C/C=C\C(=C/CC)CCC.C=C(C[C@@H](C)NCCCN(CCC)CCCC)C(=N)N.C=C(NCC(C)(C)C)C(C)(c1ccccc1)c1ccccc1C.C=CNC.CC.CC. The number of benzene rings is 2. The fraction of sp³-hybridized carbons (Fsp3) is 0.569. The lowest BCUT2D eigenvalue weighted by Crippen LogP contribution is -2.37. The van der Waals surface area contributed by atoms with Crippen LogP contribution in [0.4, 0.5) is 0 Å². The van der Waals surface area contributed by atoms with Gasteiger partial charge >= 0.3 is 0 Å². The van der Waals surface area contributed by atoms with E-state index in [4.69, 9.17) is 11.1 Å². The van der Waals surface area contributed by atoms with Crippen LogP contribution < -0.4 is 21.7 Å². The Morgan fingerprint density at radius 1 is 0.891 bits per heavy atom. The molecule has 0 aliphatic carbocycles. The van der Waals surface area contributed by atoms with Crippen LogP contribution in [0, 0.1) is 30.1 Å². The number of terminal acetylenes is 1. The Labute approximate surface area is 399 Å². The fourth-order valence-corrected chi connectivity index (χ4v) is 6.20.